The summed E-state index contributed by atoms with van der Waals surface area (Å²) >= 11 is 0. The average Bonchev–Trinajstić information content (AvgIpc) is 3.22. The SMILES string of the molecule is CC(=O)[C@]12CCN(Cc3ccccc3)C[C@H]1[C@H](c1ccccc1)N(S(=O)(=O)c1ccc(C)cc1)C2. The molecule has 3 aromatic carbocycles. The van der Waals surface area contributed by atoms with Gasteiger partial charge in [0.25, 0.3) is 0 Å². The summed E-state index contributed by atoms with van der Waals surface area (Å²) in [4.78, 5) is 15.9. The molecule has 5 nitrogen and oxygen atoms in total. The van der Waals surface area contributed by atoms with Gasteiger partial charge < -0.3 is 0 Å². The van der Waals surface area contributed by atoms with Crippen LogP contribution in [0, 0.1) is 18.3 Å². The van der Waals surface area contributed by atoms with Gasteiger partial charge in [0.1, 0.15) is 5.78 Å². The van der Waals surface area contributed by atoms with Crippen LogP contribution in [0.3, 0.4) is 0 Å². The molecule has 3 atom stereocenters. The van der Waals surface area contributed by atoms with Crippen LogP contribution in [-0.4, -0.2) is 43.0 Å². The molecule has 0 saturated carbocycles. The van der Waals surface area contributed by atoms with Gasteiger partial charge in [0.05, 0.1) is 10.9 Å². The van der Waals surface area contributed by atoms with Gasteiger partial charge in [0, 0.05) is 31.0 Å². The van der Waals surface area contributed by atoms with Crippen LogP contribution in [0.2, 0.25) is 0 Å². The van der Waals surface area contributed by atoms with Crippen LogP contribution in [0.4, 0.5) is 0 Å². The molecule has 35 heavy (non-hydrogen) atoms. The number of likely N-dealkylation sites (tertiary alicyclic amines) is 1. The van der Waals surface area contributed by atoms with E-state index in [1.165, 1.54) is 5.56 Å². The Bertz CT molecular complexity index is 1290. The van der Waals surface area contributed by atoms with E-state index in [-0.39, 0.29) is 23.1 Å². The number of sulfonamides is 1. The molecule has 6 heteroatoms. The van der Waals surface area contributed by atoms with Crippen LogP contribution in [0.25, 0.3) is 0 Å². The van der Waals surface area contributed by atoms with Gasteiger partial charge in [-0.2, -0.15) is 4.31 Å². The molecule has 182 valence electrons. The van der Waals surface area contributed by atoms with Crippen LogP contribution in [-0.2, 0) is 21.4 Å². The lowest BCUT2D eigenvalue weighted by Crippen LogP contribution is -2.50. The third-order valence-corrected chi connectivity index (χ3v) is 9.73. The van der Waals surface area contributed by atoms with Crippen molar-refractivity contribution < 1.29 is 13.2 Å². The summed E-state index contributed by atoms with van der Waals surface area (Å²) in [6.45, 7) is 6.04. The van der Waals surface area contributed by atoms with Gasteiger partial charge in [-0.05, 0) is 50.1 Å². The molecule has 0 unspecified atom stereocenters. The Morgan fingerprint density at radius 3 is 2.20 bits per heavy atom. The molecule has 0 aromatic heterocycles. The van der Waals surface area contributed by atoms with E-state index in [0.717, 1.165) is 24.2 Å². The maximum atomic E-state index is 14.0. The van der Waals surface area contributed by atoms with Crippen molar-refractivity contribution in [1.29, 1.82) is 0 Å². The van der Waals surface area contributed by atoms with Gasteiger partial charge in [-0.1, -0.05) is 78.4 Å². The van der Waals surface area contributed by atoms with Crippen molar-refractivity contribution >= 4 is 15.8 Å². The van der Waals surface area contributed by atoms with Gasteiger partial charge in [-0.25, -0.2) is 8.42 Å². The largest absolute Gasteiger partial charge is 0.299 e. The quantitative estimate of drug-likeness (QED) is 0.498. The molecule has 2 heterocycles. The topological polar surface area (TPSA) is 57.7 Å². The predicted molar refractivity (Wildman–Crippen MR) is 137 cm³/mol. The maximum Gasteiger partial charge on any atom is 0.243 e. The van der Waals surface area contributed by atoms with E-state index in [0.29, 0.717) is 13.0 Å². The second-order valence-corrected chi connectivity index (χ2v) is 11.9. The molecule has 0 N–H and O–H groups in total. The van der Waals surface area contributed by atoms with E-state index in [4.69, 9.17) is 0 Å². The first-order valence-corrected chi connectivity index (χ1v) is 13.7. The summed E-state index contributed by atoms with van der Waals surface area (Å²) in [5.41, 5.74) is 2.49. The molecule has 2 fully saturated rings. The van der Waals surface area contributed by atoms with Gasteiger partial charge in [0.2, 0.25) is 10.0 Å². The highest BCUT2D eigenvalue weighted by atomic mass is 32.2. The Labute approximate surface area is 208 Å². The second-order valence-electron chi connectivity index (χ2n) is 10.0. The molecular formula is C29H32N2O3S. The molecule has 2 aliphatic heterocycles. The first-order chi connectivity index (χ1) is 16.8. The van der Waals surface area contributed by atoms with Gasteiger partial charge in [0.15, 0.2) is 0 Å². The lowest BCUT2D eigenvalue weighted by atomic mass is 9.67. The summed E-state index contributed by atoms with van der Waals surface area (Å²) < 4.78 is 29.6. The second kappa shape index (κ2) is 9.34. The molecule has 0 amide bonds. The Balaban J connectivity index is 1.57. The fourth-order valence-electron chi connectivity index (χ4n) is 5.93. The zero-order valence-electron chi connectivity index (χ0n) is 20.3. The monoisotopic (exact) mass is 488 g/mol. The smallest absolute Gasteiger partial charge is 0.243 e. The molecule has 0 spiro atoms. The van der Waals surface area contributed by atoms with E-state index >= 15 is 0 Å². The van der Waals surface area contributed by atoms with Crippen molar-refractivity contribution in [3.63, 3.8) is 0 Å². The van der Waals surface area contributed by atoms with Crippen LogP contribution in [0.5, 0.6) is 0 Å². The molecule has 2 saturated heterocycles. The van der Waals surface area contributed by atoms with Gasteiger partial charge in [-0.3, -0.25) is 9.69 Å². The van der Waals surface area contributed by atoms with Crippen molar-refractivity contribution in [2.45, 2.75) is 37.8 Å². The number of Topliss-reactive ketones (excluding diaryl/α,β-unsaturated/α-hetero) is 1. The number of aryl methyl sites for hydroxylation is 1. The third kappa shape index (κ3) is 4.35. The maximum absolute atomic E-state index is 14.0. The zero-order chi connectivity index (χ0) is 24.6. The number of hydrogen-bond acceptors (Lipinski definition) is 4. The summed E-state index contributed by atoms with van der Waals surface area (Å²) in [7, 11) is -3.80. The van der Waals surface area contributed by atoms with Crippen molar-refractivity contribution in [2.24, 2.45) is 11.3 Å². The average molecular weight is 489 g/mol. The lowest BCUT2D eigenvalue weighted by Gasteiger charge is -2.43. The number of carbonyl (C=O) groups is 1. The van der Waals surface area contributed by atoms with Crippen molar-refractivity contribution in [3.05, 3.63) is 102 Å². The van der Waals surface area contributed by atoms with E-state index in [9.17, 15) is 13.2 Å². The number of carbonyl (C=O) groups excluding carboxylic acids is 1. The van der Waals surface area contributed by atoms with E-state index in [2.05, 4.69) is 17.0 Å². The zero-order valence-corrected chi connectivity index (χ0v) is 21.1. The highest BCUT2D eigenvalue weighted by Crippen LogP contribution is 2.54. The first-order valence-electron chi connectivity index (χ1n) is 12.2. The standard InChI is InChI=1S/C29H32N2O3S/c1-22-13-15-26(16-14-22)35(33,34)31-21-29(23(2)32)17-18-30(19-24-9-5-3-6-10-24)20-27(29)28(31)25-11-7-4-8-12-25/h3-16,27-28H,17-21H2,1-2H3/t27-,28-,29+/m0/s1. The lowest BCUT2D eigenvalue weighted by molar-refractivity contribution is -0.131. The minimum absolute atomic E-state index is 0.0874. The normalized spacial score (nSPS) is 25.3. The minimum Gasteiger partial charge on any atom is -0.299 e. The number of rotatable bonds is 6. The summed E-state index contributed by atoms with van der Waals surface area (Å²) in [6.07, 6.45) is 0.656. The molecule has 3 aromatic rings. The highest BCUT2D eigenvalue weighted by molar-refractivity contribution is 7.89. The summed E-state index contributed by atoms with van der Waals surface area (Å²) in [5.74, 6) is -0.0375. The number of ketones is 1. The van der Waals surface area contributed by atoms with Gasteiger partial charge in [-0.15, -0.1) is 0 Å². The van der Waals surface area contributed by atoms with Gasteiger partial charge >= 0.3 is 0 Å². The number of piperidine rings is 1. The Kier molecular flexibility index (Phi) is 6.38. The van der Waals surface area contributed by atoms with Crippen LogP contribution >= 0.6 is 0 Å². The van der Waals surface area contributed by atoms with Crippen LogP contribution in [0.1, 0.15) is 36.1 Å². The van der Waals surface area contributed by atoms with Crippen LogP contribution in [0.15, 0.2) is 89.8 Å². The number of benzene rings is 3. The fourth-order valence-corrected chi connectivity index (χ4v) is 7.64. The molecule has 2 aliphatic rings. The highest BCUT2D eigenvalue weighted by Gasteiger charge is 2.60. The van der Waals surface area contributed by atoms with E-state index in [1.54, 1.807) is 23.4 Å². The van der Waals surface area contributed by atoms with Crippen LogP contribution < -0.4 is 0 Å². The molecule has 0 aliphatic carbocycles. The Hall–Kier alpha value is -2.80. The van der Waals surface area contributed by atoms with Crippen molar-refractivity contribution in [3.8, 4) is 0 Å². The van der Waals surface area contributed by atoms with Crippen molar-refractivity contribution in [1.82, 2.24) is 9.21 Å². The molecule has 5 rings (SSSR count). The van der Waals surface area contributed by atoms with Crippen molar-refractivity contribution in [2.75, 3.05) is 19.6 Å². The fraction of sp³-hybridized carbons (Fsp3) is 0.345. The minimum atomic E-state index is -3.80. The predicted octanol–water partition coefficient (Wildman–Crippen LogP) is 4.84. The summed E-state index contributed by atoms with van der Waals surface area (Å²) in [6, 6.07) is 26.8. The Morgan fingerprint density at radius 1 is 0.943 bits per heavy atom. The van der Waals surface area contributed by atoms with E-state index < -0.39 is 21.5 Å². The number of nitrogens with zero attached hydrogens (tertiary/aromatic N) is 2. The molecular weight excluding hydrogens is 456 g/mol. The first kappa shape index (κ1) is 23.9. The Morgan fingerprint density at radius 2 is 1.57 bits per heavy atom. The summed E-state index contributed by atoms with van der Waals surface area (Å²) in [5, 5.41) is 0. The number of fused-ring (bicyclic) bond motifs is 1. The molecule has 0 radical (unpaired) electrons. The third-order valence-electron chi connectivity index (χ3n) is 7.89. The number of hydrogen-bond donors (Lipinski definition) is 0. The van der Waals surface area contributed by atoms with E-state index in [1.807, 2.05) is 67.6 Å². The molecule has 0 bridgehead atoms.